The first-order valence-electron chi connectivity index (χ1n) is 10.2. The van der Waals surface area contributed by atoms with Gasteiger partial charge in [-0.1, -0.05) is 30.3 Å². The van der Waals surface area contributed by atoms with E-state index in [0.29, 0.717) is 12.1 Å². The van der Waals surface area contributed by atoms with Crippen LogP contribution in [0.5, 0.6) is 0 Å². The van der Waals surface area contributed by atoms with Crippen LogP contribution >= 0.6 is 0 Å². The average molecular weight is 391 g/mol. The molecular weight excluding hydrogens is 365 g/mol. The Hall–Kier alpha value is -2.92. The summed E-state index contributed by atoms with van der Waals surface area (Å²) in [6, 6.07) is 18.2. The quantitative estimate of drug-likeness (QED) is 0.676. The largest absolute Gasteiger partial charge is 0.351 e. The smallest absolute Gasteiger partial charge is 0.253 e. The Bertz CT molecular complexity index is 973. The minimum absolute atomic E-state index is 0.0697. The lowest BCUT2D eigenvalue weighted by Gasteiger charge is -2.15. The lowest BCUT2D eigenvalue weighted by molar-refractivity contribution is 0.0949. The van der Waals surface area contributed by atoms with Gasteiger partial charge in [0, 0.05) is 24.5 Å². The first-order chi connectivity index (χ1) is 14.1. The standard InChI is InChI=1S/C24H26FN3O/c1-18-22(24(29)26-13-16-27-14-5-6-15-27)17-23(19-7-3-2-4-8-19)28(18)21-11-9-20(25)10-12-21/h2-4,7-12,17H,5-6,13-16H2,1H3,(H,26,29). The van der Waals surface area contributed by atoms with E-state index in [1.165, 1.54) is 25.0 Å². The van der Waals surface area contributed by atoms with Crippen LogP contribution in [0.1, 0.15) is 28.9 Å². The fraction of sp³-hybridized carbons (Fsp3) is 0.292. The molecule has 0 unspecified atom stereocenters. The van der Waals surface area contributed by atoms with Crippen molar-refractivity contribution in [2.75, 3.05) is 26.2 Å². The van der Waals surface area contributed by atoms with E-state index >= 15 is 0 Å². The Kier molecular flexibility index (Phi) is 5.76. The van der Waals surface area contributed by atoms with Crippen molar-refractivity contribution in [2.24, 2.45) is 0 Å². The number of benzene rings is 2. The van der Waals surface area contributed by atoms with Crippen molar-refractivity contribution in [3.63, 3.8) is 0 Å². The topological polar surface area (TPSA) is 37.3 Å². The molecule has 0 bridgehead atoms. The molecule has 1 saturated heterocycles. The fourth-order valence-electron chi connectivity index (χ4n) is 4.01. The van der Waals surface area contributed by atoms with Gasteiger partial charge in [0.2, 0.25) is 0 Å². The summed E-state index contributed by atoms with van der Waals surface area (Å²) in [5.74, 6) is -0.348. The average Bonchev–Trinajstić information content (AvgIpc) is 3.37. The highest BCUT2D eigenvalue weighted by molar-refractivity contribution is 5.97. The third-order valence-electron chi connectivity index (χ3n) is 5.56. The van der Waals surface area contributed by atoms with Crippen LogP contribution in [-0.2, 0) is 0 Å². The lowest BCUT2D eigenvalue weighted by Crippen LogP contribution is -2.33. The maximum Gasteiger partial charge on any atom is 0.253 e. The van der Waals surface area contributed by atoms with Gasteiger partial charge in [-0.2, -0.15) is 0 Å². The van der Waals surface area contributed by atoms with Crippen LogP contribution in [0.3, 0.4) is 0 Å². The summed E-state index contributed by atoms with van der Waals surface area (Å²) in [4.78, 5) is 15.3. The highest BCUT2D eigenvalue weighted by Gasteiger charge is 2.20. The van der Waals surface area contributed by atoms with Crippen molar-refractivity contribution in [1.29, 1.82) is 0 Å². The monoisotopic (exact) mass is 391 g/mol. The Morgan fingerprint density at radius 2 is 1.72 bits per heavy atom. The van der Waals surface area contributed by atoms with Gasteiger partial charge in [-0.25, -0.2) is 4.39 Å². The molecule has 1 amide bonds. The van der Waals surface area contributed by atoms with Crippen LogP contribution in [0.4, 0.5) is 4.39 Å². The summed E-state index contributed by atoms with van der Waals surface area (Å²) in [5, 5.41) is 3.07. The molecule has 1 aliphatic heterocycles. The number of nitrogens with one attached hydrogen (secondary N) is 1. The predicted octanol–water partition coefficient (Wildman–Crippen LogP) is 4.42. The third-order valence-corrected chi connectivity index (χ3v) is 5.56. The van der Waals surface area contributed by atoms with Crippen molar-refractivity contribution in [3.8, 4) is 16.9 Å². The summed E-state index contributed by atoms with van der Waals surface area (Å²) < 4.78 is 15.5. The SMILES string of the molecule is Cc1c(C(=O)NCCN2CCCC2)cc(-c2ccccc2)n1-c1ccc(F)cc1. The van der Waals surface area contributed by atoms with Crippen molar-refractivity contribution in [2.45, 2.75) is 19.8 Å². The Morgan fingerprint density at radius 1 is 1.03 bits per heavy atom. The van der Waals surface area contributed by atoms with Crippen molar-refractivity contribution >= 4 is 5.91 Å². The van der Waals surface area contributed by atoms with E-state index in [1.54, 1.807) is 12.1 Å². The highest BCUT2D eigenvalue weighted by atomic mass is 19.1. The van der Waals surface area contributed by atoms with E-state index in [2.05, 4.69) is 10.2 Å². The molecule has 4 nitrogen and oxygen atoms in total. The Morgan fingerprint density at radius 3 is 2.41 bits per heavy atom. The molecule has 0 aliphatic carbocycles. The number of likely N-dealkylation sites (tertiary alicyclic amines) is 1. The van der Waals surface area contributed by atoms with E-state index in [4.69, 9.17) is 0 Å². The zero-order valence-corrected chi connectivity index (χ0v) is 16.7. The molecule has 1 aliphatic rings. The fourth-order valence-corrected chi connectivity index (χ4v) is 4.01. The summed E-state index contributed by atoms with van der Waals surface area (Å²) in [5.41, 5.74) is 4.25. The molecule has 3 aromatic rings. The van der Waals surface area contributed by atoms with Gasteiger partial charge in [0.25, 0.3) is 5.91 Å². The zero-order valence-electron chi connectivity index (χ0n) is 16.7. The second-order valence-corrected chi connectivity index (χ2v) is 7.51. The van der Waals surface area contributed by atoms with Crippen molar-refractivity contribution in [3.05, 3.63) is 77.7 Å². The molecule has 1 aromatic heterocycles. The number of halogens is 1. The molecule has 150 valence electrons. The van der Waals surface area contributed by atoms with Crippen LogP contribution in [0, 0.1) is 12.7 Å². The molecule has 0 atom stereocenters. The normalized spacial score (nSPS) is 14.3. The van der Waals surface area contributed by atoms with Gasteiger partial charge in [-0.05, 0) is 68.8 Å². The second-order valence-electron chi connectivity index (χ2n) is 7.51. The molecule has 5 heteroatoms. The Labute approximate surface area is 171 Å². The molecule has 0 spiro atoms. The first-order valence-corrected chi connectivity index (χ1v) is 10.2. The van der Waals surface area contributed by atoms with Crippen LogP contribution in [-0.4, -0.2) is 41.6 Å². The number of carbonyl (C=O) groups excluding carboxylic acids is 1. The van der Waals surface area contributed by atoms with E-state index in [1.807, 2.05) is 47.9 Å². The van der Waals surface area contributed by atoms with Crippen LogP contribution in [0.25, 0.3) is 16.9 Å². The predicted molar refractivity (Wildman–Crippen MR) is 114 cm³/mol. The van der Waals surface area contributed by atoms with Gasteiger partial charge in [-0.15, -0.1) is 0 Å². The van der Waals surface area contributed by atoms with Gasteiger partial charge < -0.3 is 14.8 Å². The lowest BCUT2D eigenvalue weighted by atomic mass is 10.1. The first kappa shape index (κ1) is 19.4. The third kappa shape index (κ3) is 4.25. The van der Waals surface area contributed by atoms with Gasteiger partial charge in [-0.3, -0.25) is 4.79 Å². The van der Waals surface area contributed by atoms with Crippen molar-refractivity contribution < 1.29 is 9.18 Å². The summed E-state index contributed by atoms with van der Waals surface area (Å²) in [6.45, 7) is 5.70. The molecule has 2 heterocycles. The van der Waals surface area contributed by atoms with Gasteiger partial charge in [0.05, 0.1) is 11.3 Å². The number of hydrogen-bond acceptors (Lipinski definition) is 2. The molecule has 2 aromatic carbocycles. The summed E-state index contributed by atoms with van der Waals surface area (Å²) in [7, 11) is 0. The molecule has 1 fully saturated rings. The van der Waals surface area contributed by atoms with E-state index < -0.39 is 0 Å². The molecular formula is C24H26FN3O. The minimum atomic E-state index is -0.278. The van der Waals surface area contributed by atoms with Gasteiger partial charge in [0.1, 0.15) is 5.82 Å². The molecule has 0 saturated carbocycles. The van der Waals surface area contributed by atoms with E-state index in [0.717, 1.165) is 42.3 Å². The van der Waals surface area contributed by atoms with Crippen molar-refractivity contribution in [1.82, 2.24) is 14.8 Å². The maximum atomic E-state index is 13.4. The summed E-state index contributed by atoms with van der Waals surface area (Å²) >= 11 is 0. The Balaban J connectivity index is 1.64. The zero-order chi connectivity index (χ0) is 20.2. The number of hydrogen-bond donors (Lipinski definition) is 1. The van der Waals surface area contributed by atoms with Gasteiger partial charge >= 0.3 is 0 Å². The van der Waals surface area contributed by atoms with Crippen LogP contribution in [0.2, 0.25) is 0 Å². The minimum Gasteiger partial charge on any atom is -0.351 e. The number of aromatic nitrogens is 1. The second kappa shape index (κ2) is 8.62. The maximum absolute atomic E-state index is 13.4. The van der Waals surface area contributed by atoms with Gasteiger partial charge in [0.15, 0.2) is 0 Å². The number of rotatable bonds is 6. The summed E-state index contributed by atoms with van der Waals surface area (Å²) in [6.07, 6.45) is 2.49. The molecule has 1 N–H and O–H groups in total. The number of amides is 1. The van der Waals surface area contributed by atoms with E-state index in [-0.39, 0.29) is 11.7 Å². The van der Waals surface area contributed by atoms with Crippen LogP contribution < -0.4 is 5.32 Å². The molecule has 0 radical (unpaired) electrons. The molecule has 29 heavy (non-hydrogen) atoms. The van der Waals surface area contributed by atoms with Crippen LogP contribution in [0.15, 0.2) is 60.7 Å². The number of carbonyl (C=O) groups is 1. The number of nitrogens with zero attached hydrogens (tertiary/aromatic N) is 2. The highest BCUT2D eigenvalue weighted by Crippen LogP contribution is 2.29. The molecule has 4 rings (SSSR count). The van der Waals surface area contributed by atoms with E-state index in [9.17, 15) is 9.18 Å².